The number of benzene rings is 2. The second kappa shape index (κ2) is 9.30. The fourth-order valence-corrected chi connectivity index (χ4v) is 3.54. The molecule has 1 aliphatic heterocycles. The summed E-state index contributed by atoms with van der Waals surface area (Å²) < 4.78 is 13.5. The minimum atomic E-state index is -1.14. The average molecular weight is 411 g/mol. The molecule has 1 unspecified atom stereocenters. The Morgan fingerprint density at radius 2 is 1.80 bits per heavy atom. The van der Waals surface area contributed by atoms with Crippen LogP contribution in [-0.2, 0) is 32.1 Å². The van der Waals surface area contributed by atoms with Crippen molar-refractivity contribution in [2.45, 2.75) is 37.9 Å². The Bertz CT molecular complexity index is 964. The fourth-order valence-electron chi connectivity index (χ4n) is 3.54. The Balaban J connectivity index is 1.75. The second-order valence-electron chi connectivity index (χ2n) is 7.19. The predicted octanol–water partition coefficient (Wildman–Crippen LogP) is 1.10. The largest absolute Gasteiger partial charge is 0.363 e. The number of hydrogen-bond donors (Lipinski definition) is 2. The molecule has 0 aliphatic carbocycles. The van der Waals surface area contributed by atoms with Crippen LogP contribution in [0.3, 0.4) is 0 Å². The van der Waals surface area contributed by atoms with Crippen molar-refractivity contribution in [2.24, 2.45) is 5.73 Å². The molecular weight excluding hydrogens is 389 g/mol. The molecule has 2 aromatic carbocycles. The fraction of sp³-hybridized carbons (Fsp3) is 0.273. The number of amides is 3. The van der Waals surface area contributed by atoms with Crippen LogP contribution in [0.2, 0.25) is 0 Å². The maximum absolute atomic E-state index is 13.5. The first-order chi connectivity index (χ1) is 14.3. The minimum Gasteiger partial charge on any atom is -0.363 e. The Kier molecular flexibility index (Phi) is 6.56. The summed E-state index contributed by atoms with van der Waals surface area (Å²) in [4.78, 5) is 50.3. The SMILES string of the molecule is NC(=O)C(=O)C(Cc1ccccc1)NC(=O)[C@H]1CCC(=O)N1Cc1cccc(F)c1. The van der Waals surface area contributed by atoms with Crippen LogP contribution in [0.4, 0.5) is 4.39 Å². The first-order valence-electron chi connectivity index (χ1n) is 9.57. The molecule has 1 fully saturated rings. The Morgan fingerprint density at radius 1 is 1.10 bits per heavy atom. The number of nitrogens with two attached hydrogens (primary N) is 1. The van der Waals surface area contributed by atoms with Gasteiger partial charge in [-0.3, -0.25) is 19.2 Å². The van der Waals surface area contributed by atoms with Gasteiger partial charge in [0.2, 0.25) is 17.6 Å². The van der Waals surface area contributed by atoms with E-state index in [9.17, 15) is 23.6 Å². The van der Waals surface area contributed by atoms with Gasteiger partial charge in [0.25, 0.3) is 5.91 Å². The Morgan fingerprint density at radius 3 is 2.47 bits per heavy atom. The topological polar surface area (TPSA) is 110 Å². The van der Waals surface area contributed by atoms with Gasteiger partial charge in [-0.2, -0.15) is 0 Å². The van der Waals surface area contributed by atoms with Crippen molar-refractivity contribution in [2.75, 3.05) is 0 Å². The summed E-state index contributed by atoms with van der Waals surface area (Å²) in [6.45, 7) is 0.0712. The number of hydrogen-bond acceptors (Lipinski definition) is 4. The lowest BCUT2D eigenvalue weighted by molar-refractivity contribution is -0.140. The highest BCUT2D eigenvalue weighted by molar-refractivity contribution is 6.37. The molecule has 3 amide bonds. The zero-order chi connectivity index (χ0) is 21.7. The molecule has 2 atom stereocenters. The van der Waals surface area contributed by atoms with Gasteiger partial charge in [-0.15, -0.1) is 0 Å². The molecule has 7 nitrogen and oxygen atoms in total. The van der Waals surface area contributed by atoms with Crippen molar-refractivity contribution >= 4 is 23.5 Å². The number of carbonyl (C=O) groups excluding carboxylic acids is 4. The van der Waals surface area contributed by atoms with E-state index in [1.54, 1.807) is 36.4 Å². The molecule has 0 spiro atoms. The summed E-state index contributed by atoms with van der Waals surface area (Å²) in [6, 6.07) is 12.7. The molecule has 3 rings (SSSR count). The van der Waals surface area contributed by atoms with Crippen molar-refractivity contribution in [3.8, 4) is 0 Å². The van der Waals surface area contributed by atoms with Gasteiger partial charge in [-0.05, 0) is 29.7 Å². The number of ketones is 1. The molecule has 1 saturated heterocycles. The monoisotopic (exact) mass is 411 g/mol. The summed E-state index contributed by atoms with van der Waals surface area (Å²) in [6.07, 6.45) is 0.530. The summed E-state index contributed by atoms with van der Waals surface area (Å²) >= 11 is 0. The zero-order valence-electron chi connectivity index (χ0n) is 16.2. The van der Waals surface area contributed by atoms with Crippen LogP contribution >= 0.6 is 0 Å². The van der Waals surface area contributed by atoms with Gasteiger partial charge in [0.15, 0.2) is 0 Å². The Labute approximate surface area is 173 Å². The lowest BCUT2D eigenvalue weighted by atomic mass is 10.0. The number of primary amides is 1. The van der Waals surface area contributed by atoms with Crippen LogP contribution < -0.4 is 11.1 Å². The van der Waals surface area contributed by atoms with Crippen LogP contribution in [0.1, 0.15) is 24.0 Å². The third kappa shape index (κ3) is 5.08. The van der Waals surface area contributed by atoms with Gasteiger partial charge in [0.1, 0.15) is 17.9 Å². The van der Waals surface area contributed by atoms with Crippen molar-refractivity contribution in [1.82, 2.24) is 10.2 Å². The highest BCUT2D eigenvalue weighted by atomic mass is 19.1. The molecule has 1 aliphatic rings. The van der Waals surface area contributed by atoms with Crippen molar-refractivity contribution in [3.63, 3.8) is 0 Å². The minimum absolute atomic E-state index is 0.0712. The third-order valence-corrected chi connectivity index (χ3v) is 5.03. The summed E-state index contributed by atoms with van der Waals surface area (Å²) in [7, 11) is 0. The van der Waals surface area contributed by atoms with Crippen LogP contribution in [0.25, 0.3) is 0 Å². The highest BCUT2D eigenvalue weighted by Crippen LogP contribution is 2.22. The molecular formula is C22H22FN3O4. The van der Waals surface area contributed by atoms with Crippen molar-refractivity contribution in [3.05, 3.63) is 71.5 Å². The van der Waals surface area contributed by atoms with E-state index in [-0.39, 0.29) is 31.7 Å². The molecule has 156 valence electrons. The molecule has 3 N–H and O–H groups in total. The van der Waals surface area contributed by atoms with Gasteiger partial charge >= 0.3 is 0 Å². The van der Waals surface area contributed by atoms with Crippen LogP contribution in [-0.4, -0.2) is 40.5 Å². The first-order valence-corrected chi connectivity index (χ1v) is 9.57. The summed E-state index contributed by atoms with van der Waals surface area (Å²) in [5.74, 6) is -3.27. The van der Waals surface area contributed by atoms with Gasteiger partial charge in [0.05, 0.1) is 0 Å². The maximum Gasteiger partial charge on any atom is 0.287 e. The van der Waals surface area contributed by atoms with Gasteiger partial charge < -0.3 is 16.0 Å². The predicted molar refractivity (Wildman–Crippen MR) is 106 cm³/mol. The Hall–Kier alpha value is -3.55. The molecule has 8 heteroatoms. The molecule has 0 bridgehead atoms. The maximum atomic E-state index is 13.5. The number of halogens is 1. The molecule has 0 aromatic heterocycles. The van der Waals surface area contributed by atoms with E-state index in [0.717, 1.165) is 5.56 Å². The van der Waals surface area contributed by atoms with Gasteiger partial charge in [0, 0.05) is 19.4 Å². The molecule has 0 saturated carbocycles. The number of carbonyl (C=O) groups is 4. The van der Waals surface area contributed by atoms with E-state index in [1.807, 2.05) is 0 Å². The average Bonchev–Trinajstić information content (AvgIpc) is 3.08. The molecule has 2 aromatic rings. The van der Waals surface area contributed by atoms with Crippen LogP contribution in [0, 0.1) is 5.82 Å². The number of likely N-dealkylation sites (tertiary alicyclic amines) is 1. The van der Waals surface area contributed by atoms with Crippen LogP contribution in [0.5, 0.6) is 0 Å². The van der Waals surface area contributed by atoms with E-state index >= 15 is 0 Å². The first kappa shape index (κ1) is 21.2. The number of Topliss-reactive ketones (excluding diaryl/α,β-unsaturated/α-hetero) is 1. The third-order valence-electron chi connectivity index (χ3n) is 5.03. The van der Waals surface area contributed by atoms with E-state index in [1.165, 1.54) is 23.1 Å². The molecule has 1 heterocycles. The quantitative estimate of drug-likeness (QED) is 0.634. The smallest absolute Gasteiger partial charge is 0.287 e. The van der Waals surface area contributed by atoms with E-state index in [4.69, 9.17) is 5.73 Å². The summed E-state index contributed by atoms with van der Waals surface area (Å²) in [5, 5.41) is 2.58. The lowest BCUT2D eigenvalue weighted by Gasteiger charge is -2.26. The zero-order valence-corrected chi connectivity index (χ0v) is 16.2. The second-order valence-corrected chi connectivity index (χ2v) is 7.19. The summed E-state index contributed by atoms with van der Waals surface area (Å²) in [5.41, 5.74) is 6.45. The van der Waals surface area contributed by atoms with Crippen LogP contribution in [0.15, 0.2) is 54.6 Å². The van der Waals surface area contributed by atoms with E-state index in [0.29, 0.717) is 5.56 Å². The van der Waals surface area contributed by atoms with Gasteiger partial charge in [-0.25, -0.2) is 4.39 Å². The lowest BCUT2D eigenvalue weighted by Crippen LogP contribution is -2.53. The standard InChI is InChI=1S/C22H22FN3O4/c23-16-8-4-7-15(11-16)13-26-18(9-10-19(26)27)22(30)25-17(20(28)21(24)29)12-14-5-2-1-3-6-14/h1-8,11,17-18H,9-10,12-13H2,(H2,24,29)(H,25,30)/t17?,18-/m1/s1. The molecule has 0 radical (unpaired) electrons. The molecule has 30 heavy (non-hydrogen) atoms. The van der Waals surface area contributed by atoms with E-state index in [2.05, 4.69) is 5.32 Å². The number of nitrogens with one attached hydrogen (secondary N) is 1. The number of nitrogens with zero attached hydrogens (tertiary/aromatic N) is 1. The number of rotatable bonds is 8. The van der Waals surface area contributed by atoms with Crippen molar-refractivity contribution < 1.29 is 23.6 Å². The highest BCUT2D eigenvalue weighted by Gasteiger charge is 2.38. The van der Waals surface area contributed by atoms with E-state index < -0.39 is 35.5 Å². The van der Waals surface area contributed by atoms with Gasteiger partial charge in [-0.1, -0.05) is 42.5 Å². The van der Waals surface area contributed by atoms with Crippen molar-refractivity contribution in [1.29, 1.82) is 0 Å². The normalized spacial score (nSPS) is 16.9.